The molecule has 34 heavy (non-hydrogen) atoms. The number of hydrogen-bond donors (Lipinski definition) is 3. The molecule has 0 spiro atoms. The summed E-state index contributed by atoms with van der Waals surface area (Å²) in [5.74, 6) is 0.417. The van der Waals surface area contributed by atoms with Crippen molar-refractivity contribution in [3.63, 3.8) is 0 Å². The van der Waals surface area contributed by atoms with E-state index in [1.165, 1.54) is 19.5 Å². The van der Waals surface area contributed by atoms with E-state index in [0.29, 0.717) is 49.5 Å². The number of nitrogens with zero attached hydrogens (tertiary/aromatic N) is 3. The van der Waals surface area contributed by atoms with E-state index in [0.717, 1.165) is 5.69 Å². The first kappa shape index (κ1) is 23.8. The van der Waals surface area contributed by atoms with Gasteiger partial charge < -0.3 is 20.1 Å². The van der Waals surface area contributed by atoms with E-state index in [4.69, 9.17) is 9.47 Å². The molecular weight excluding hydrogens is 457 g/mol. The lowest BCUT2D eigenvalue weighted by Gasteiger charge is -2.20. The maximum atomic E-state index is 12.7. The molecule has 0 radical (unpaired) electrons. The van der Waals surface area contributed by atoms with Gasteiger partial charge in [0.1, 0.15) is 6.10 Å². The Morgan fingerprint density at radius 2 is 2.03 bits per heavy atom. The summed E-state index contributed by atoms with van der Waals surface area (Å²) in [6.07, 6.45) is -1.30. The zero-order valence-electron chi connectivity index (χ0n) is 18.4. The minimum atomic E-state index is -4.34. The normalized spacial score (nSPS) is 21.1. The number of H-pyrrole nitrogens is 1. The van der Waals surface area contributed by atoms with Crippen molar-refractivity contribution in [2.24, 2.45) is 0 Å². The Bertz CT molecular complexity index is 1020. The molecule has 2 heterocycles. The van der Waals surface area contributed by atoms with E-state index in [-0.39, 0.29) is 18.2 Å². The van der Waals surface area contributed by atoms with Gasteiger partial charge in [-0.3, -0.25) is 14.9 Å². The molecule has 0 aromatic carbocycles. The maximum absolute atomic E-state index is 12.7. The number of nitrogens with one attached hydrogen (secondary N) is 3. The van der Waals surface area contributed by atoms with E-state index in [1.54, 1.807) is 6.07 Å². The summed E-state index contributed by atoms with van der Waals surface area (Å²) < 4.78 is 48.3. The second-order valence-corrected chi connectivity index (χ2v) is 8.72. The van der Waals surface area contributed by atoms with Crippen molar-refractivity contribution < 1.29 is 32.2 Å². The molecule has 4 rings (SSSR count). The lowest BCUT2D eigenvalue weighted by atomic mass is 10.0. The number of aromatic amines is 1. The molecule has 10 nitrogen and oxygen atoms in total. The first-order valence-electron chi connectivity index (χ1n) is 10.9. The van der Waals surface area contributed by atoms with Gasteiger partial charge in [0.25, 0.3) is 0 Å². The Morgan fingerprint density at radius 1 is 1.24 bits per heavy atom. The van der Waals surface area contributed by atoms with Crippen LogP contribution in [0, 0.1) is 0 Å². The molecule has 2 aliphatic carbocycles. The highest BCUT2D eigenvalue weighted by Gasteiger charge is 2.52. The molecule has 0 aliphatic heterocycles. The average molecular weight is 482 g/mol. The minimum absolute atomic E-state index is 0.0173. The van der Waals surface area contributed by atoms with Crippen LogP contribution in [0.2, 0.25) is 0 Å². The molecule has 0 unspecified atom stereocenters. The minimum Gasteiger partial charge on any atom is -0.480 e. The van der Waals surface area contributed by atoms with Crippen LogP contribution < -0.4 is 15.4 Å². The van der Waals surface area contributed by atoms with Crippen molar-refractivity contribution in [2.75, 3.05) is 12.4 Å². The molecule has 3 N–H and O–H groups in total. The summed E-state index contributed by atoms with van der Waals surface area (Å²) in [7, 11) is 1.47. The third-order valence-corrected chi connectivity index (χ3v) is 5.96. The number of halogens is 3. The van der Waals surface area contributed by atoms with Gasteiger partial charge in [0.05, 0.1) is 43.6 Å². The van der Waals surface area contributed by atoms with Gasteiger partial charge in [-0.1, -0.05) is 0 Å². The van der Waals surface area contributed by atoms with E-state index >= 15 is 0 Å². The van der Waals surface area contributed by atoms with Crippen LogP contribution in [0.3, 0.4) is 0 Å². The molecular formula is C21H25F3N6O4. The van der Waals surface area contributed by atoms with E-state index in [1.807, 2.05) is 0 Å². The van der Waals surface area contributed by atoms with Gasteiger partial charge in [-0.05, 0) is 32.1 Å². The molecule has 2 atom stereocenters. The quantitative estimate of drug-likeness (QED) is 0.526. The van der Waals surface area contributed by atoms with Crippen LogP contribution in [0.4, 0.5) is 23.8 Å². The second-order valence-electron chi connectivity index (χ2n) is 8.72. The summed E-state index contributed by atoms with van der Waals surface area (Å²) >= 11 is 0. The van der Waals surface area contributed by atoms with Crippen molar-refractivity contribution in [1.29, 1.82) is 0 Å². The Morgan fingerprint density at radius 3 is 2.68 bits per heavy atom. The SMILES string of the molecule is COc1cnc(CC(=O)Nc2cc([C@H]3CC[C@@H](OC(=O)NC4(CC(F)(F)F)CC4)C3)[nH]n2)cn1. The summed E-state index contributed by atoms with van der Waals surface area (Å²) in [6, 6.07) is 1.72. The topological polar surface area (TPSA) is 131 Å². The van der Waals surface area contributed by atoms with Crippen molar-refractivity contribution in [3.05, 3.63) is 29.8 Å². The fraction of sp³-hybridized carbons (Fsp3) is 0.571. The standard InChI is InChI=1S/C21H25F3N6O4/c1-33-18-10-25-13(9-26-18)7-17(31)27-16-8-15(29-30-16)12-2-3-14(6-12)34-19(32)28-20(4-5-20)11-21(22,23)24/h8-10,12,14H,2-7,11H2,1H3,(H,28,32)(H2,27,29,30,31)/t12-,14+/m0/s1. The Hall–Kier alpha value is -3.38. The zero-order chi connectivity index (χ0) is 24.3. The molecule has 2 fully saturated rings. The van der Waals surface area contributed by atoms with Crippen LogP contribution in [0.1, 0.15) is 55.8 Å². The number of methoxy groups -OCH3 is 1. The number of aromatic nitrogens is 4. The maximum Gasteiger partial charge on any atom is 0.407 e. The lowest BCUT2D eigenvalue weighted by Crippen LogP contribution is -2.41. The van der Waals surface area contributed by atoms with Gasteiger partial charge in [0, 0.05) is 17.7 Å². The monoisotopic (exact) mass is 482 g/mol. The molecule has 2 saturated carbocycles. The molecule has 2 aromatic rings. The van der Waals surface area contributed by atoms with E-state index < -0.39 is 30.3 Å². The molecule has 2 amide bonds. The van der Waals surface area contributed by atoms with Gasteiger partial charge in [-0.2, -0.15) is 18.3 Å². The summed E-state index contributed by atoms with van der Waals surface area (Å²) in [6.45, 7) is 0. The third kappa shape index (κ3) is 6.35. The van der Waals surface area contributed by atoms with Crippen LogP contribution >= 0.6 is 0 Å². The number of carbonyl (C=O) groups excluding carboxylic acids is 2. The Balaban J connectivity index is 1.23. The predicted molar refractivity (Wildman–Crippen MR) is 112 cm³/mol. The van der Waals surface area contributed by atoms with Gasteiger partial charge in [0.15, 0.2) is 5.82 Å². The van der Waals surface area contributed by atoms with Gasteiger partial charge in [0.2, 0.25) is 11.8 Å². The van der Waals surface area contributed by atoms with Crippen LogP contribution in [0.5, 0.6) is 5.88 Å². The number of hydrogen-bond acceptors (Lipinski definition) is 7. The number of alkyl carbamates (subject to hydrolysis) is 1. The van der Waals surface area contributed by atoms with Crippen molar-refractivity contribution in [3.8, 4) is 5.88 Å². The zero-order valence-corrected chi connectivity index (χ0v) is 18.4. The van der Waals surface area contributed by atoms with Crippen molar-refractivity contribution in [1.82, 2.24) is 25.5 Å². The number of rotatable bonds is 8. The highest BCUT2D eigenvalue weighted by molar-refractivity contribution is 5.91. The number of ether oxygens (including phenoxy) is 2. The Kier molecular flexibility index (Phi) is 6.62. The van der Waals surface area contributed by atoms with E-state index in [2.05, 4.69) is 30.8 Å². The molecule has 0 saturated heterocycles. The highest BCUT2D eigenvalue weighted by atomic mass is 19.4. The second kappa shape index (κ2) is 9.47. The molecule has 0 bridgehead atoms. The van der Waals surface area contributed by atoms with Gasteiger partial charge >= 0.3 is 12.3 Å². The predicted octanol–water partition coefficient (Wildman–Crippen LogP) is 3.24. The summed E-state index contributed by atoms with van der Waals surface area (Å²) in [5.41, 5.74) is 0.0365. The highest BCUT2D eigenvalue weighted by Crippen LogP contribution is 2.44. The molecule has 184 valence electrons. The average Bonchev–Trinajstić information content (AvgIpc) is 3.13. The first-order chi connectivity index (χ1) is 16.1. The van der Waals surface area contributed by atoms with Crippen molar-refractivity contribution in [2.45, 2.75) is 68.7 Å². The number of carbonyl (C=O) groups is 2. The number of alkyl halides is 3. The lowest BCUT2D eigenvalue weighted by molar-refractivity contribution is -0.141. The first-order valence-corrected chi connectivity index (χ1v) is 10.9. The van der Waals surface area contributed by atoms with Crippen LogP contribution in [0.15, 0.2) is 18.5 Å². The van der Waals surface area contributed by atoms with Gasteiger partial charge in [-0.15, -0.1) is 0 Å². The largest absolute Gasteiger partial charge is 0.480 e. The van der Waals surface area contributed by atoms with E-state index in [9.17, 15) is 22.8 Å². The molecule has 2 aliphatic rings. The Labute approximate surface area is 193 Å². The molecule has 13 heteroatoms. The van der Waals surface area contributed by atoms with Crippen LogP contribution in [-0.4, -0.2) is 57.1 Å². The number of amides is 2. The smallest absolute Gasteiger partial charge is 0.407 e. The summed E-state index contributed by atoms with van der Waals surface area (Å²) in [5, 5.41) is 12.1. The fourth-order valence-corrected chi connectivity index (χ4v) is 4.11. The fourth-order valence-electron chi connectivity index (χ4n) is 4.11. The molecule has 2 aromatic heterocycles. The number of anilines is 1. The van der Waals surface area contributed by atoms with Gasteiger partial charge in [-0.25, -0.2) is 9.78 Å². The summed E-state index contributed by atoms with van der Waals surface area (Å²) in [4.78, 5) is 32.5. The third-order valence-electron chi connectivity index (χ3n) is 5.96. The van der Waals surface area contributed by atoms with Crippen molar-refractivity contribution >= 4 is 17.8 Å². The van der Waals surface area contributed by atoms with Crippen LogP contribution in [-0.2, 0) is 16.0 Å². The van der Waals surface area contributed by atoms with Crippen LogP contribution in [0.25, 0.3) is 0 Å².